The summed E-state index contributed by atoms with van der Waals surface area (Å²) in [7, 11) is 0. The number of furan rings is 1. The van der Waals surface area contributed by atoms with Gasteiger partial charge in [0.05, 0.1) is 16.9 Å². The molecule has 5 nitrogen and oxygen atoms in total. The first-order valence-electron chi connectivity index (χ1n) is 17.5. The third-order valence-electron chi connectivity index (χ3n) is 9.36. The maximum atomic E-state index is 6.66. The summed E-state index contributed by atoms with van der Waals surface area (Å²) in [5.41, 5.74) is 12.6. The number of fused-ring (bicyclic) bond motifs is 4. The van der Waals surface area contributed by atoms with Gasteiger partial charge in [0.2, 0.25) is 0 Å². The van der Waals surface area contributed by atoms with E-state index in [2.05, 4.69) is 101 Å². The van der Waals surface area contributed by atoms with Crippen LogP contribution in [0, 0.1) is 19.1 Å². The van der Waals surface area contributed by atoms with Gasteiger partial charge in [0, 0.05) is 49.1 Å². The van der Waals surface area contributed by atoms with E-state index in [4.69, 9.17) is 14.4 Å². The van der Waals surface area contributed by atoms with Crippen LogP contribution >= 0.6 is 0 Å². The molecule has 0 N–H and O–H groups in total. The van der Waals surface area contributed by atoms with Gasteiger partial charge < -0.3 is 14.0 Å². The van der Waals surface area contributed by atoms with Crippen LogP contribution in [0.2, 0.25) is 0 Å². The van der Waals surface area contributed by atoms with Crippen molar-refractivity contribution in [1.29, 1.82) is 0 Å². The van der Waals surface area contributed by atoms with Crippen molar-refractivity contribution >= 4 is 33.1 Å². The molecule has 4 heterocycles. The summed E-state index contributed by atoms with van der Waals surface area (Å²) in [5, 5.41) is 2.16. The Hall–Kier alpha value is -6.46. The minimum atomic E-state index is 0. The summed E-state index contributed by atoms with van der Waals surface area (Å²) >= 11 is 0. The van der Waals surface area contributed by atoms with Crippen LogP contribution < -0.4 is 0 Å². The predicted molar refractivity (Wildman–Crippen MR) is 215 cm³/mol. The standard InChI is InChI=1S/C37H24N3O.C11H8N.Ir/c1-24-17-19-31(35-34(24)30-20-18-27(22-33(30)41-35)25-11-5-2-6-12-25)37-39-36-32(40(37)29-15-9-4-10-16-29)21-28(23-38-36)26-13-7-3-8-14-26;1-2-6-10(7-3-1)11-8-4-5-9-12-11;/h2-18,20-23H,1H3;1-6,8-9H;/q2*-1;. The van der Waals surface area contributed by atoms with E-state index < -0.39 is 0 Å². The molecular formula is C48H32IrN4O-2. The minimum Gasteiger partial charge on any atom is -0.501 e. The van der Waals surface area contributed by atoms with Gasteiger partial charge in [-0.05, 0) is 52.7 Å². The van der Waals surface area contributed by atoms with Crippen LogP contribution in [0.4, 0.5) is 0 Å². The van der Waals surface area contributed by atoms with E-state index in [0.717, 1.165) is 83.6 Å². The van der Waals surface area contributed by atoms with Crippen LogP contribution in [0.15, 0.2) is 181 Å². The second-order valence-corrected chi connectivity index (χ2v) is 12.8. The second-order valence-electron chi connectivity index (χ2n) is 12.8. The molecule has 0 saturated heterocycles. The van der Waals surface area contributed by atoms with Crippen molar-refractivity contribution in [2.45, 2.75) is 6.92 Å². The number of pyridine rings is 2. The summed E-state index contributed by atoms with van der Waals surface area (Å²) in [6.07, 6.45) is 3.68. The van der Waals surface area contributed by atoms with E-state index in [1.807, 2.05) is 97.2 Å². The molecule has 0 unspecified atom stereocenters. The van der Waals surface area contributed by atoms with Gasteiger partial charge in [-0.1, -0.05) is 121 Å². The van der Waals surface area contributed by atoms with Gasteiger partial charge in [-0.25, -0.2) is 4.98 Å². The Bertz CT molecular complexity index is 2780. The third kappa shape index (κ3) is 6.65. The smallest absolute Gasteiger partial charge is 0.168 e. The monoisotopic (exact) mass is 873 g/mol. The summed E-state index contributed by atoms with van der Waals surface area (Å²) in [5.74, 6) is 0.747. The van der Waals surface area contributed by atoms with Gasteiger partial charge >= 0.3 is 0 Å². The normalized spacial score (nSPS) is 10.9. The molecule has 0 amide bonds. The number of benzene rings is 6. The summed E-state index contributed by atoms with van der Waals surface area (Å²) in [6, 6.07) is 62.0. The van der Waals surface area contributed by atoms with Gasteiger partial charge in [-0.3, -0.25) is 4.98 Å². The van der Waals surface area contributed by atoms with Gasteiger partial charge in [-0.15, -0.1) is 53.6 Å². The van der Waals surface area contributed by atoms with Crippen molar-refractivity contribution in [3.05, 3.63) is 194 Å². The average Bonchev–Trinajstić information content (AvgIpc) is 3.82. The van der Waals surface area contributed by atoms with E-state index >= 15 is 0 Å². The molecular weight excluding hydrogens is 841 g/mol. The van der Waals surface area contributed by atoms with Crippen LogP contribution in [-0.4, -0.2) is 19.5 Å². The van der Waals surface area contributed by atoms with E-state index in [0.29, 0.717) is 5.65 Å². The molecule has 4 aromatic heterocycles. The number of hydrogen-bond donors (Lipinski definition) is 0. The maximum absolute atomic E-state index is 6.66. The number of aryl methyl sites for hydroxylation is 1. The van der Waals surface area contributed by atoms with Crippen molar-refractivity contribution < 1.29 is 24.5 Å². The molecule has 0 aliphatic carbocycles. The first kappa shape index (κ1) is 34.6. The fourth-order valence-corrected chi connectivity index (χ4v) is 6.79. The largest absolute Gasteiger partial charge is 0.501 e. The Labute approximate surface area is 327 Å². The predicted octanol–water partition coefficient (Wildman–Crippen LogP) is 12.0. The summed E-state index contributed by atoms with van der Waals surface area (Å²) in [4.78, 5) is 14.1. The van der Waals surface area contributed by atoms with Crippen molar-refractivity contribution in [2.24, 2.45) is 0 Å². The molecule has 10 aromatic rings. The van der Waals surface area contributed by atoms with Crippen LogP contribution in [0.5, 0.6) is 0 Å². The van der Waals surface area contributed by atoms with E-state index in [1.54, 1.807) is 6.20 Å². The van der Waals surface area contributed by atoms with Crippen molar-refractivity contribution in [3.63, 3.8) is 0 Å². The topological polar surface area (TPSA) is 56.7 Å². The first-order chi connectivity index (χ1) is 26.2. The Morgan fingerprint density at radius 3 is 2.04 bits per heavy atom. The maximum Gasteiger partial charge on any atom is 0.168 e. The molecule has 0 atom stereocenters. The van der Waals surface area contributed by atoms with Gasteiger partial charge in [0.1, 0.15) is 5.58 Å². The average molecular weight is 873 g/mol. The molecule has 6 heteroatoms. The molecule has 1 radical (unpaired) electrons. The van der Waals surface area contributed by atoms with Crippen molar-refractivity contribution in [3.8, 4) is 50.6 Å². The Morgan fingerprint density at radius 2 is 1.33 bits per heavy atom. The molecule has 54 heavy (non-hydrogen) atoms. The number of imidazole rings is 1. The molecule has 0 saturated carbocycles. The Balaban J connectivity index is 0.000000271. The number of aromatic nitrogens is 4. The Kier molecular flexibility index (Phi) is 9.78. The number of nitrogens with zero attached hydrogens (tertiary/aromatic N) is 4. The molecule has 0 bridgehead atoms. The van der Waals surface area contributed by atoms with Crippen LogP contribution in [-0.2, 0) is 20.1 Å². The zero-order chi connectivity index (χ0) is 35.6. The van der Waals surface area contributed by atoms with E-state index in [1.165, 1.54) is 0 Å². The zero-order valence-electron chi connectivity index (χ0n) is 29.3. The molecule has 0 spiro atoms. The van der Waals surface area contributed by atoms with Crippen LogP contribution in [0.1, 0.15) is 5.56 Å². The minimum absolute atomic E-state index is 0. The molecule has 6 aromatic carbocycles. The van der Waals surface area contributed by atoms with Crippen LogP contribution in [0.3, 0.4) is 0 Å². The van der Waals surface area contributed by atoms with Crippen molar-refractivity contribution in [1.82, 2.24) is 19.5 Å². The first-order valence-corrected chi connectivity index (χ1v) is 17.5. The Morgan fingerprint density at radius 1 is 0.630 bits per heavy atom. The fourth-order valence-electron chi connectivity index (χ4n) is 6.79. The SMILES string of the molecule is Cc1c[c-]c(-c2nc3ncc(-c4ccccc4)cc3n2-c2ccccc2)c2oc3cc(-c4ccccc4)ccc3c12.[Ir].[c-]1ccccc1-c1ccccn1. The molecule has 0 fully saturated rings. The molecule has 10 rings (SSSR count). The van der Waals surface area contributed by atoms with Crippen molar-refractivity contribution in [2.75, 3.05) is 0 Å². The van der Waals surface area contributed by atoms with Gasteiger partial charge in [-0.2, -0.15) is 0 Å². The summed E-state index contributed by atoms with van der Waals surface area (Å²) in [6.45, 7) is 2.11. The molecule has 0 aliphatic rings. The van der Waals surface area contributed by atoms with Gasteiger partial charge in [0.15, 0.2) is 5.65 Å². The van der Waals surface area contributed by atoms with E-state index in [-0.39, 0.29) is 20.1 Å². The zero-order valence-corrected chi connectivity index (χ0v) is 31.7. The molecule has 261 valence electrons. The second kappa shape index (κ2) is 15.3. The van der Waals surface area contributed by atoms with Crippen LogP contribution in [0.25, 0.3) is 83.7 Å². The third-order valence-corrected chi connectivity index (χ3v) is 9.36. The quantitative estimate of drug-likeness (QED) is 0.162. The number of hydrogen-bond acceptors (Lipinski definition) is 4. The van der Waals surface area contributed by atoms with Gasteiger partial charge in [0.25, 0.3) is 0 Å². The molecule has 0 aliphatic heterocycles. The summed E-state index contributed by atoms with van der Waals surface area (Å²) < 4.78 is 8.82. The fraction of sp³-hybridized carbons (Fsp3) is 0.0208. The number of para-hydroxylation sites is 1. The van der Waals surface area contributed by atoms with E-state index in [9.17, 15) is 0 Å². The number of rotatable bonds is 5.